The lowest BCUT2D eigenvalue weighted by atomic mass is 9.87. The Kier molecular flexibility index (Phi) is 7.79. The zero-order chi connectivity index (χ0) is 13.4. The summed E-state index contributed by atoms with van der Waals surface area (Å²) in [5.74, 6) is -1.42. The van der Waals surface area contributed by atoms with E-state index in [2.05, 4.69) is 4.74 Å². The summed E-state index contributed by atoms with van der Waals surface area (Å²) >= 11 is 0. The number of methoxy groups -OCH3 is 1. The Labute approximate surface area is 104 Å². The topological polar surface area (TPSA) is 52.6 Å². The molecule has 17 heavy (non-hydrogen) atoms. The average Bonchev–Trinajstić information content (AvgIpc) is 2.28. The van der Waals surface area contributed by atoms with Crippen LogP contribution < -0.4 is 0 Å². The van der Waals surface area contributed by atoms with Crippen molar-refractivity contribution in [3.8, 4) is 0 Å². The number of carbonyl (C=O) groups excluding carboxylic acids is 2. The zero-order valence-corrected chi connectivity index (χ0v) is 11.5. The number of esters is 1. The van der Waals surface area contributed by atoms with E-state index in [4.69, 9.17) is 4.74 Å². The summed E-state index contributed by atoms with van der Waals surface area (Å²) in [5, 5.41) is 0. The Morgan fingerprint density at radius 1 is 1.18 bits per heavy atom. The molecule has 0 aliphatic heterocycles. The number of carbonyl (C=O) groups is 2. The van der Waals surface area contributed by atoms with Crippen molar-refractivity contribution < 1.29 is 19.1 Å². The number of ketones is 1. The van der Waals surface area contributed by atoms with Crippen LogP contribution in [0.15, 0.2) is 0 Å². The summed E-state index contributed by atoms with van der Waals surface area (Å²) < 4.78 is 10.1. The van der Waals surface area contributed by atoms with Gasteiger partial charge in [0.25, 0.3) is 0 Å². The number of ether oxygens (including phenoxy) is 2. The predicted octanol–water partition coefficient (Wildman–Crippen LogP) is 2.21. The van der Waals surface area contributed by atoms with Crippen molar-refractivity contribution in [2.45, 2.75) is 46.6 Å². The van der Waals surface area contributed by atoms with Crippen molar-refractivity contribution >= 4 is 11.8 Å². The highest BCUT2D eigenvalue weighted by Crippen LogP contribution is 2.19. The van der Waals surface area contributed by atoms with Crippen molar-refractivity contribution in [2.24, 2.45) is 11.8 Å². The van der Waals surface area contributed by atoms with Gasteiger partial charge in [-0.3, -0.25) is 9.59 Å². The molecule has 2 atom stereocenters. The smallest absolute Gasteiger partial charge is 0.316 e. The highest BCUT2D eigenvalue weighted by molar-refractivity contribution is 6.01. The monoisotopic (exact) mass is 244 g/mol. The maximum Gasteiger partial charge on any atom is 0.316 e. The molecule has 0 spiro atoms. The van der Waals surface area contributed by atoms with Gasteiger partial charge in [-0.05, 0) is 19.3 Å². The fourth-order valence-corrected chi connectivity index (χ4v) is 1.82. The minimum absolute atomic E-state index is 0.0743. The summed E-state index contributed by atoms with van der Waals surface area (Å²) in [4.78, 5) is 23.8. The molecule has 4 nitrogen and oxygen atoms in total. The van der Waals surface area contributed by atoms with Crippen LogP contribution in [0.5, 0.6) is 0 Å². The molecular weight excluding hydrogens is 220 g/mol. The van der Waals surface area contributed by atoms with Crippen LogP contribution in [-0.2, 0) is 19.1 Å². The molecule has 0 saturated carbocycles. The van der Waals surface area contributed by atoms with Gasteiger partial charge in [-0.1, -0.05) is 27.2 Å². The van der Waals surface area contributed by atoms with Gasteiger partial charge in [-0.15, -0.1) is 0 Å². The van der Waals surface area contributed by atoms with Crippen LogP contribution in [-0.4, -0.2) is 31.6 Å². The van der Waals surface area contributed by atoms with Crippen molar-refractivity contribution in [1.29, 1.82) is 0 Å². The lowest BCUT2D eigenvalue weighted by Crippen LogP contribution is -2.38. The highest BCUT2D eigenvalue weighted by atomic mass is 16.5. The summed E-state index contributed by atoms with van der Waals surface area (Å²) in [6.45, 7) is 7.99. The molecule has 4 heteroatoms. The largest absolute Gasteiger partial charge is 0.468 e. The third kappa shape index (κ3) is 4.86. The van der Waals surface area contributed by atoms with Gasteiger partial charge in [0.15, 0.2) is 5.78 Å². The quantitative estimate of drug-likeness (QED) is 0.485. The maximum absolute atomic E-state index is 12.2. The Morgan fingerprint density at radius 3 is 2.12 bits per heavy atom. The van der Waals surface area contributed by atoms with Gasteiger partial charge in [0.2, 0.25) is 0 Å². The SMILES string of the molecule is CCCC(OCC)C(=O)C(C(=O)OC)C(C)C. The molecule has 0 radical (unpaired) electrons. The molecule has 2 unspecified atom stereocenters. The summed E-state index contributed by atoms with van der Waals surface area (Å²) in [6.07, 6.45) is 1.01. The number of hydrogen-bond donors (Lipinski definition) is 0. The van der Waals surface area contributed by atoms with E-state index in [1.54, 1.807) is 0 Å². The molecular formula is C13H24O4. The van der Waals surface area contributed by atoms with Crippen molar-refractivity contribution in [3.05, 3.63) is 0 Å². The highest BCUT2D eigenvalue weighted by Gasteiger charge is 2.35. The molecule has 0 aromatic rings. The Hall–Kier alpha value is -0.900. The molecule has 100 valence electrons. The Bertz CT molecular complexity index is 242. The summed E-state index contributed by atoms with van der Waals surface area (Å²) in [6, 6.07) is 0. The van der Waals surface area contributed by atoms with E-state index in [1.165, 1.54) is 7.11 Å². The first-order valence-electron chi connectivity index (χ1n) is 6.22. The predicted molar refractivity (Wildman–Crippen MR) is 65.7 cm³/mol. The van der Waals surface area contributed by atoms with E-state index < -0.39 is 18.0 Å². The first kappa shape index (κ1) is 16.1. The second-order valence-electron chi connectivity index (χ2n) is 4.38. The average molecular weight is 244 g/mol. The van der Waals surface area contributed by atoms with Crippen LogP contribution >= 0.6 is 0 Å². The third-order valence-corrected chi connectivity index (χ3v) is 2.66. The van der Waals surface area contributed by atoms with Crippen LogP contribution in [0.3, 0.4) is 0 Å². The number of Topliss-reactive ketones (excluding diaryl/α,β-unsaturated/α-hetero) is 1. The van der Waals surface area contributed by atoms with E-state index >= 15 is 0 Å². The number of hydrogen-bond acceptors (Lipinski definition) is 4. The van der Waals surface area contributed by atoms with Crippen LogP contribution in [0.1, 0.15) is 40.5 Å². The summed E-state index contributed by atoms with van der Waals surface area (Å²) in [7, 11) is 1.31. The van der Waals surface area contributed by atoms with Gasteiger partial charge in [0, 0.05) is 6.61 Å². The molecule has 0 aromatic heterocycles. The number of rotatable bonds is 8. The molecule has 0 aromatic carbocycles. The standard InChI is InChI=1S/C13H24O4/c1-6-8-10(17-7-2)12(14)11(9(3)4)13(15)16-5/h9-11H,6-8H2,1-5H3. The van der Waals surface area contributed by atoms with E-state index in [9.17, 15) is 9.59 Å². The van der Waals surface area contributed by atoms with Crippen LogP contribution in [0, 0.1) is 11.8 Å². The fourth-order valence-electron chi connectivity index (χ4n) is 1.82. The van der Waals surface area contributed by atoms with E-state index in [0.29, 0.717) is 13.0 Å². The second-order valence-corrected chi connectivity index (χ2v) is 4.38. The molecule has 0 aliphatic carbocycles. The van der Waals surface area contributed by atoms with Gasteiger partial charge < -0.3 is 9.47 Å². The molecule has 0 saturated heterocycles. The van der Waals surface area contributed by atoms with Gasteiger partial charge in [0.1, 0.15) is 12.0 Å². The molecule has 0 rings (SSSR count). The maximum atomic E-state index is 12.2. The van der Waals surface area contributed by atoms with Crippen molar-refractivity contribution in [1.82, 2.24) is 0 Å². The molecule has 0 N–H and O–H groups in total. The normalized spacial score (nSPS) is 14.5. The summed E-state index contributed by atoms with van der Waals surface area (Å²) in [5.41, 5.74) is 0. The van der Waals surface area contributed by atoms with Crippen LogP contribution in [0.2, 0.25) is 0 Å². The molecule has 0 fully saturated rings. The lowest BCUT2D eigenvalue weighted by Gasteiger charge is -2.22. The Morgan fingerprint density at radius 2 is 1.76 bits per heavy atom. The van der Waals surface area contributed by atoms with Crippen molar-refractivity contribution in [2.75, 3.05) is 13.7 Å². The Balaban J connectivity index is 4.83. The van der Waals surface area contributed by atoms with E-state index in [1.807, 2.05) is 27.7 Å². The molecule has 0 aliphatic rings. The fraction of sp³-hybridized carbons (Fsp3) is 0.846. The molecule has 0 heterocycles. The third-order valence-electron chi connectivity index (χ3n) is 2.66. The van der Waals surface area contributed by atoms with Gasteiger partial charge in [-0.25, -0.2) is 0 Å². The van der Waals surface area contributed by atoms with Crippen LogP contribution in [0.4, 0.5) is 0 Å². The van der Waals surface area contributed by atoms with Gasteiger partial charge in [-0.2, -0.15) is 0 Å². The minimum atomic E-state index is -0.719. The molecule has 0 amide bonds. The zero-order valence-electron chi connectivity index (χ0n) is 11.5. The van der Waals surface area contributed by atoms with Crippen molar-refractivity contribution in [3.63, 3.8) is 0 Å². The minimum Gasteiger partial charge on any atom is -0.468 e. The molecule has 0 bridgehead atoms. The lowest BCUT2D eigenvalue weighted by molar-refractivity contribution is -0.155. The van der Waals surface area contributed by atoms with E-state index in [-0.39, 0.29) is 11.7 Å². The van der Waals surface area contributed by atoms with Gasteiger partial charge >= 0.3 is 5.97 Å². The van der Waals surface area contributed by atoms with E-state index in [0.717, 1.165) is 6.42 Å². The first-order valence-corrected chi connectivity index (χ1v) is 6.22. The first-order chi connectivity index (χ1) is 7.99. The van der Waals surface area contributed by atoms with Gasteiger partial charge in [0.05, 0.1) is 7.11 Å². The second kappa shape index (κ2) is 8.23. The van der Waals surface area contributed by atoms with Crippen LogP contribution in [0.25, 0.3) is 0 Å².